The number of hydrogen-bond acceptors (Lipinski definition) is 9. The molecule has 11 nitrogen and oxygen atoms in total. The topological polar surface area (TPSA) is 126 Å². The maximum absolute atomic E-state index is 13.0. The molecule has 18 heteroatoms. The van der Waals surface area contributed by atoms with Crippen molar-refractivity contribution in [3.8, 4) is 0 Å². The third kappa shape index (κ3) is 7.37. The SMILES string of the molecule is O=C1NNCC(OCCOCCS(=O)(=O)N2CCN(c3ncc(C(F)(F)F)cn3)CC2)C1C(F)(F)F. The number of aromatic nitrogens is 2. The van der Waals surface area contributed by atoms with E-state index in [4.69, 9.17) is 9.47 Å². The molecule has 1 amide bonds. The second-order valence-corrected chi connectivity index (χ2v) is 9.97. The van der Waals surface area contributed by atoms with Gasteiger partial charge in [-0.2, -0.15) is 30.6 Å². The Labute approximate surface area is 202 Å². The molecule has 1 aromatic heterocycles. The Morgan fingerprint density at radius 2 is 1.64 bits per heavy atom. The lowest BCUT2D eigenvalue weighted by Crippen LogP contribution is -2.60. The van der Waals surface area contributed by atoms with Crippen molar-refractivity contribution in [3.63, 3.8) is 0 Å². The van der Waals surface area contributed by atoms with Crippen LogP contribution in [0.3, 0.4) is 0 Å². The Hall–Kier alpha value is -2.28. The van der Waals surface area contributed by atoms with Gasteiger partial charge in [0, 0.05) is 45.1 Å². The molecule has 36 heavy (non-hydrogen) atoms. The van der Waals surface area contributed by atoms with Gasteiger partial charge in [-0.3, -0.25) is 10.2 Å². The van der Waals surface area contributed by atoms with E-state index < -0.39 is 45.9 Å². The summed E-state index contributed by atoms with van der Waals surface area (Å²) < 4.78 is 114. The van der Waals surface area contributed by atoms with Crippen molar-refractivity contribution in [2.24, 2.45) is 5.92 Å². The van der Waals surface area contributed by atoms with Crippen LogP contribution >= 0.6 is 0 Å². The van der Waals surface area contributed by atoms with E-state index in [9.17, 15) is 39.6 Å². The molecule has 1 aromatic rings. The van der Waals surface area contributed by atoms with Crippen molar-refractivity contribution in [1.82, 2.24) is 25.1 Å². The smallest absolute Gasteiger partial charge is 0.378 e. The highest BCUT2D eigenvalue weighted by molar-refractivity contribution is 7.89. The number of amides is 1. The number of ether oxygens (including phenoxy) is 2. The maximum atomic E-state index is 13.0. The summed E-state index contributed by atoms with van der Waals surface area (Å²) in [5.74, 6) is -3.91. The average Bonchev–Trinajstić information content (AvgIpc) is 2.80. The van der Waals surface area contributed by atoms with Gasteiger partial charge in [0.25, 0.3) is 0 Å². The van der Waals surface area contributed by atoms with Crippen LogP contribution in [0.4, 0.5) is 32.3 Å². The van der Waals surface area contributed by atoms with Crippen molar-refractivity contribution in [2.45, 2.75) is 18.5 Å². The fourth-order valence-electron chi connectivity index (χ4n) is 3.57. The zero-order valence-electron chi connectivity index (χ0n) is 18.7. The number of piperazine rings is 1. The van der Waals surface area contributed by atoms with Crippen LogP contribution in [0.5, 0.6) is 0 Å². The molecule has 2 fully saturated rings. The Kier molecular flexibility index (Phi) is 8.97. The number of halogens is 6. The zero-order chi connectivity index (χ0) is 26.6. The van der Waals surface area contributed by atoms with Gasteiger partial charge in [-0.15, -0.1) is 0 Å². The van der Waals surface area contributed by atoms with E-state index in [-0.39, 0.29) is 64.2 Å². The monoisotopic (exact) mass is 550 g/mol. The molecule has 0 bridgehead atoms. The van der Waals surface area contributed by atoms with E-state index in [2.05, 4.69) is 15.4 Å². The summed E-state index contributed by atoms with van der Waals surface area (Å²) in [6.45, 7) is -0.495. The standard InChI is InChI=1S/C18H24F6N6O5S/c19-17(20,21)12-9-25-16(26-10-12)29-1-3-30(4-2-29)36(32,33)8-7-34-5-6-35-13-11-27-28-15(31)14(13)18(22,23)24/h9-10,13-14,27H,1-8,11H2,(H,28,31). The van der Waals surface area contributed by atoms with Crippen LogP contribution in [0.15, 0.2) is 12.4 Å². The van der Waals surface area contributed by atoms with Gasteiger partial charge in [0.05, 0.1) is 37.2 Å². The Balaban J connectivity index is 1.37. The summed E-state index contributed by atoms with van der Waals surface area (Å²) in [6.07, 6.45) is -9.47. The Morgan fingerprint density at radius 1 is 1.00 bits per heavy atom. The van der Waals surface area contributed by atoms with Gasteiger partial charge < -0.3 is 14.4 Å². The van der Waals surface area contributed by atoms with Crippen molar-refractivity contribution >= 4 is 21.9 Å². The molecule has 0 radical (unpaired) electrons. The molecule has 0 saturated carbocycles. The lowest BCUT2D eigenvalue weighted by Gasteiger charge is -2.34. The number of hydrazine groups is 1. The fraction of sp³-hybridized carbons (Fsp3) is 0.722. The number of hydrogen-bond donors (Lipinski definition) is 2. The van der Waals surface area contributed by atoms with E-state index in [1.54, 1.807) is 4.90 Å². The molecule has 2 aliphatic heterocycles. The summed E-state index contributed by atoms with van der Waals surface area (Å²) in [6, 6.07) is 0. The van der Waals surface area contributed by atoms with Gasteiger partial charge in [0.15, 0.2) is 5.92 Å². The molecule has 0 aliphatic carbocycles. The van der Waals surface area contributed by atoms with E-state index >= 15 is 0 Å². The third-order valence-corrected chi connectivity index (χ3v) is 7.28. The van der Waals surface area contributed by atoms with Gasteiger partial charge in [-0.25, -0.2) is 23.8 Å². The normalized spacial score (nSPS) is 22.5. The molecular weight excluding hydrogens is 526 g/mol. The summed E-state index contributed by atoms with van der Waals surface area (Å²) in [4.78, 5) is 20.4. The van der Waals surface area contributed by atoms with Crippen LogP contribution in [0.2, 0.25) is 0 Å². The average molecular weight is 550 g/mol. The molecule has 2 unspecified atom stereocenters. The molecule has 3 heterocycles. The van der Waals surface area contributed by atoms with Gasteiger partial charge in [0.1, 0.15) is 0 Å². The highest BCUT2D eigenvalue weighted by atomic mass is 32.2. The van der Waals surface area contributed by atoms with Gasteiger partial charge in [0.2, 0.25) is 21.9 Å². The van der Waals surface area contributed by atoms with Gasteiger partial charge in [-0.05, 0) is 0 Å². The minimum absolute atomic E-state index is 0.0572. The molecular formula is C18H24F6N6O5S. The zero-order valence-corrected chi connectivity index (χ0v) is 19.5. The first kappa shape index (κ1) is 28.3. The van der Waals surface area contributed by atoms with Crippen molar-refractivity contribution in [3.05, 3.63) is 18.0 Å². The number of carbonyl (C=O) groups is 1. The van der Waals surface area contributed by atoms with E-state index in [0.717, 1.165) is 0 Å². The lowest BCUT2D eigenvalue weighted by atomic mass is 9.99. The molecule has 204 valence electrons. The molecule has 2 N–H and O–H groups in total. The number of nitrogens with one attached hydrogen (secondary N) is 2. The molecule has 0 aromatic carbocycles. The van der Waals surface area contributed by atoms with Crippen LogP contribution in [-0.4, -0.2) is 99.2 Å². The van der Waals surface area contributed by atoms with Gasteiger partial charge in [-0.1, -0.05) is 0 Å². The maximum Gasteiger partial charge on any atom is 0.419 e. The number of rotatable bonds is 9. The first-order chi connectivity index (χ1) is 16.8. The van der Waals surface area contributed by atoms with Crippen LogP contribution in [0, 0.1) is 5.92 Å². The van der Waals surface area contributed by atoms with Crippen LogP contribution in [0.1, 0.15) is 5.56 Å². The highest BCUT2D eigenvalue weighted by Crippen LogP contribution is 2.31. The first-order valence-corrected chi connectivity index (χ1v) is 12.3. The summed E-state index contributed by atoms with van der Waals surface area (Å²) in [7, 11) is -3.72. The van der Waals surface area contributed by atoms with E-state index in [0.29, 0.717) is 12.4 Å². The van der Waals surface area contributed by atoms with Crippen molar-refractivity contribution in [2.75, 3.05) is 63.2 Å². The minimum atomic E-state index is -4.78. The predicted octanol–water partition coefficient (Wildman–Crippen LogP) is 0.162. The molecule has 2 atom stereocenters. The Morgan fingerprint density at radius 3 is 2.22 bits per heavy atom. The van der Waals surface area contributed by atoms with E-state index in [1.807, 2.05) is 5.43 Å². The van der Waals surface area contributed by atoms with Crippen LogP contribution in [0.25, 0.3) is 0 Å². The molecule has 3 rings (SSSR count). The predicted molar refractivity (Wildman–Crippen MR) is 111 cm³/mol. The molecule has 0 spiro atoms. The number of carbonyl (C=O) groups excluding carboxylic acids is 1. The Bertz CT molecular complexity index is 986. The molecule has 2 saturated heterocycles. The van der Waals surface area contributed by atoms with Crippen LogP contribution < -0.4 is 15.8 Å². The third-order valence-electron chi connectivity index (χ3n) is 5.45. The number of anilines is 1. The second kappa shape index (κ2) is 11.4. The van der Waals surface area contributed by atoms with Crippen molar-refractivity contribution in [1.29, 1.82) is 0 Å². The first-order valence-electron chi connectivity index (χ1n) is 10.7. The lowest BCUT2D eigenvalue weighted by molar-refractivity contribution is -0.214. The second-order valence-electron chi connectivity index (χ2n) is 7.88. The number of sulfonamides is 1. The fourth-order valence-corrected chi connectivity index (χ4v) is 4.88. The molecule has 2 aliphatic rings. The highest BCUT2D eigenvalue weighted by Gasteiger charge is 2.52. The van der Waals surface area contributed by atoms with Crippen LogP contribution in [-0.2, 0) is 30.5 Å². The largest absolute Gasteiger partial charge is 0.419 e. The summed E-state index contributed by atoms with van der Waals surface area (Å²) in [5, 5.41) is 0. The summed E-state index contributed by atoms with van der Waals surface area (Å²) >= 11 is 0. The number of nitrogens with zero attached hydrogens (tertiary/aromatic N) is 4. The summed E-state index contributed by atoms with van der Waals surface area (Å²) in [5.41, 5.74) is 3.23. The minimum Gasteiger partial charge on any atom is -0.378 e. The van der Waals surface area contributed by atoms with E-state index in [1.165, 1.54) is 4.31 Å². The number of alkyl halides is 6. The van der Waals surface area contributed by atoms with Gasteiger partial charge >= 0.3 is 12.4 Å². The quantitative estimate of drug-likeness (QED) is 0.327. The van der Waals surface area contributed by atoms with Crippen molar-refractivity contribution < 1.29 is 49.0 Å².